The van der Waals surface area contributed by atoms with Gasteiger partial charge in [0.25, 0.3) is 0 Å². The maximum absolute atomic E-state index is 5.90. The molecule has 2 aromatic carbocycles. The molecular formula is C16H18N4O. The van der Waals surface area contributed by atoms with Crippen molar-refractivity contribution in [3.63, 3.8) is 0 Å². The molecule has 0 fully saturated rings. The van der Waals surface area contributed by atoms with Gasteiger partial charge in [0, 0.05) is 11.9 Å². The molecule has 1 heterocycles. The van der Waals surface area contributed by atoms with Crippen LogP contribution in [0.15, 0.2) is 42.5 Å². The molecule has 5 heteroatoms. The van der Waals surface area contributed by atoms with Crippen LogP contribution in [0.3, 0.4) is 0 Å². The topological polar surface area (TPSA) is 66.0 Å². The van der Waals surface area contributed by atoms with Crippen molar-refractivity contribution in [2.75, 3.05) is 6.61 Å². The van der Waals surface area contributed by atoms with Gasteiger partial charge in [-0.05, 0) is 18.4 Å². The lowest BCUT2D eigenvalue weighted by Gasteiger charge is -2.10. The van der Waals surface area contributed by atoms with Crippen LogP contribution in [-0.2, 0) is 13.1 Å². The van der Waals surface area contributed by atoms with E-state index in [9.17, 15) is 0 Å². The molecule has 2 N–H and O–H groups in total. The first-order valence-corrected chi connectivity index (χ1v) is 6.99. The Morgan fingerprint density at radius 1 is 1.14 bits per heavy atom. The minimum Gasteiger partial charge on any atom is -0.491 e. The molecule has 1 aromatic heterocycles. The van der Waals surface area contributed by atoms with E-state index in [1.54, 1.807) is 0 Å². The van der Waals surface area contributed by atoms with Gasteiger partial charge < -0.3 is 10.5 Å². The van der Waals surface area contributed by atoms with Gasteiger partial charge in [0.2, 0.25) is 0 Å². The zero-order valence-corrected chi connectivity index (χ0v) is 12.0. The molecule has 0 spiro atoms. The van der Waals surface area contributed by atoms with E-state index < -0.39 is 0 Å². The molecular weight excluding hydrogens is 264 g/mol. The summed E-state index contributed by atoms with van der Waals surface area (Å²) in [5.41, 5.74) is 7.43. The standard InChI is InChI=1S/C16H18N4O/c1-12-15(11-17)18-19-20(12)9-10-21-16-8-4-6-13-5-2-3-7-14(13)16/h2-8H,9-11,17H2,1H3. The number of aromatic nitrogens is 3. The maximum Gasteiger partial charge on any atom is 0.127 e. The third-order valence-corrected chi connectivity index (χ3v) is 3.58. The van der Waals surface area contributed by atoms with Gasteiger partial charge in [-0.15, -0.1) is 5.10 Å². The zero-order valence-electron chi connectivity index (χ0n) is 12.0. The SMILES string of the molecule is Cc1c(CN)nnn1CCOc1cccc2ccccc12. The Morgan fingerprint density at radius 2 is 1.95 bits per heavy atom. The summed E-state index contributed by atoms with van der Waals surface area (Å²) in [4.78, 5) is 0. The summed E-state index contributed by atoms with van der Waals surface area (Å²) in [5, 5.41) is 10.4. The molecule has 0 saturated heterocycles. The lowest BCUT2D eigenvalue weighted by molar-refractivity contribution is 0.291. The molecule has 0 radical (unpaired) electrons. The van der Waals surface area contributed by atoms with Crippen molar-refractivity contribution in [1.29, 1.82) is 0 Å². The van der Waals surface area contributed by atoms with Crippen molar-refractivity contribution in [2.24, 2.45) is 5.73 Å². The minimum atomic E-state index is 0.413. The number of hydrogen-bond acceptors (Lipinski definition) is 4. The Balaban J connectivity index is 1.71. The number of benzene rings is 2. The van der Waals surface area contributed by atoms with E-state index in [4.69, 9.17) is 10.5 Å². The minimum absolute atomic E-state index is 0.413. The van der Waals surface area contributed by atoms with E-state index in [0.717, 1.165) is 22.5 Å². The molecule has 5 nitrogen and oxygen atoms in total. The Labute approximate surface area is 123 Å². The molecule has 0 aliphatic carbocycles. The summed E-state index contributed by atoms with van der Waals surface area (Å²) in [6.45, 7) is 3.58. The molecule has 108 valence electrons. The van der Waals surface area contributed by atoms with E-state index in [1.165, 1.54) is 5.39 Å². The summed E-state index contributed by atoms with van der Waals surface area (Å²) < 4.78 is 7.73. The third-order valence-electron chi connectivity index (χ3n) is 3.58. The van der Waals surface area contributed by atoms with Crippen LogP contribution in [0.25, 0.3) is 10.8 Å². The summed E-state index contributed by atoms with van der Waals surface area (Å²) in [6, 6.07) is 14.3. The third kappa shape index (κ3) is 2.73. The Hall–Kier alpha value is -2.40. The van der Waals surface area contributed by atoms with Crippen molar-refractivity contribution in [3.8, 4) is 5.75 Å². The van der Waals surface area contributed by atoms with Crippen molar-refractivity contribution >= 4 is 10.8 Å². The van der Waals surface area contributed by atoms with Gasteiger partial charge in [-0.1, -0.05) is 41.6 Å². The van der Waals surface area contributed by atoms with Crippen molar-refractivity contribution in [2.45, 2.75) is 20.0 Å². The Kier molecular flexibility index (Phi) is 3.83. The fourth-order valence-corrected chi connectivity index (χ4v) is 2.36. The smallest absolute Gasteiger partial charge is 0.127 e. The number of rotatable bonds is 5. The lowest BCUT2D eigenvalue weighted by atomic mass is 10.1. The Morgan fingerprint density at radius 3 is 2.76 bits per heavy atom. The van der Waals surface area contributed by atoms with Crippen LogP contribution in [0, 0.1) is 6.92 Å². The van der Waals surface area contributed by atoms with Gasteiger partial charge in [-0.2, -0.15) is 0 Å². The summed E-state index contributed by atoms with van der Waals surface area (Å²) in [5.74, 6) is 0.893. The van der Waals surface area contributed by atoms with Crippen LogP contribution < -0.4 is 10.5 Å². The predicted octanol–water partition coefficient (Wildman–Crippen LogP) is 2.28. The summed E-state index contributed by atoms with van der Waals surface area (Å²) in [6.07, 6.45) is 0. The van der Waals surface area contributed by atoms with Gasteiger partial charge in [0.1, 0.15) is 12.4 Å². The normalized spacial score (nSPS) is 11.0. The van der Waals surface area contributed by atoms with Crippen LogP contribution in [-0.4, -0.2) is 21.6 Å². The van der Waals surface area contributed by atoms with Crippen LogP contribution >= 0.6 is 0 Å². The maximum atomic E-state index is 5.90. The summed E-state index contributed by atoms with van der Waals surface area (Å²) in [7, 11) is 0. The molecule has 0 amide bonds. The fraction of sp³-hybridized carbons (Fsp3) is 0.250. The van der Waals surface area contributed by atoms with E-state index in [2.05, 4.69) is 28.5 Å². The largest absolute Gasteiger partial charge is 0.491 e. The van der Waals surface area contributed by atoms with Crippen molar-refractivity contribution in [1.82, 2.24) is 15.0 Å². The second-order valence-electron chi connectivity index (χ2n) is 4.87. The quantitative estimate of drug-likeness (QED) is 0.779. The number of fused-ring (bicyclic) bond motifs is 1. The van der Waals surface area contributed by atoms with Crippen LogP contribution in [0.1, 0.15) is 11.4 Å². The molecule has 0 bridgehead atoms. The van der Waals surface area contributed by atoms with Gasteiger partial charge >= 0.3 is 0 Å². The molecule has 0 saturated carbocycles. The summed E-state index contributed by atoms with van der Waals surface area (Å²) >= 11 is 0. The fourth-order valence-electron chi connectivity index (χ4n) is 2.36. The molecule has 0 atom stereocenters. The zero-order chi connectivity index (χ0) is 14.7. The first-order valence-electron chi connectivity index (χ1n) is 6.99. The molecule has 0 unspecified atom stereocenters. The molecule has 3 rings (SSSR count). The van der Waals surface area contributed by atoms with Crippen LogP contribution in [0.5, 0.6) is 5.75 Å². The second kappa shape index (κ2) is 5.93. The highest BCUT2D eigenvalue weighted by atomic mass is 16.5. The number of ether oxygens (including phenoxy) is 1. The van der Waals surface area contributed by atoms with Crippen LogP contribution in [0.4, 0.5) is 0 Å². The molecule has 0 aliphatic rings. The number of nitrogens with two attached hydrogens (primary N) is 1. The number of hydrogen-bond donors (Lipinski definition) is 1. The van der Waals surface area contributed by atoms with Crippen molar-refractivity contribution in [3.05, 3.63) is 53.9 Å². The monoisotopic (exact) mass is 282 g/mol. The molecule has 3 aromatic rings. The highest BCUT2D eigenvalue weighted by molar-refractivity contribution is 5.88. The first-order chi connectivity index (χ1) is 10.3. The second-order valence-corrected chi connectivity index (χ2v) is 4.87. The van der Waals surface area contributed by atoms with Gasteiger partial charge in [0.15, 0.2) is 0 Å². The molecule has 21 heavy (non-hydrogen) atoms. The highest BCUT2D eigenvalue weighted by Crippen LogP contribution is 2.25. The highest BCUT2D eigenvalue weighted by Gasteiger charge is 2.07. The van der Waals surface area contributed by atoms with Crippen LogP contribution in [0.2, 0.25) is 0 Å². The Bertz CT molecular complexity index is 746. The van der Waals surface area contributed by atoms with E-state index in [1.807, 2.05) is 35.9 Å². The average Bonchev–Trinajstić information content (AvgIpc) is 2.88. The van der Waals surface area contributed by atoms with Gasteiger partial charge in [-0.25, -0.2) is 4.68 Å². The predicted molar refractivity (Wildman–Crippen MR) is 82.1 cm³/mol. The van der Waals surface area contributed by atoms with Gasteiger partial charge in [-0.3, -0.25) is 0 Å². The van der Waals surface area contributed by atoms with E-state index in [-0.39, 0.29) is 0 Å². The number of nitrogens with zero attached hydrogens (tertiary/aromatic N) is 3. The van der Waals surface area contributed by atoms with E-state index >= 15 is 0 Å². The molecule has 0 aliphatic heterocycles. The average molecular weight is 282 g/mol. The van der Waals surface area contributed by atoms with Crippen molar-refractivity contribution < 1.29 is 4.74 Å². The van der Waals surface area contributed by atoms with Gasteiger partial charge in [0.05, 0.1) is 17.9 Å². The van der Waals surface area contributed by atoms with E-state index in [0.29, 0.717) is 19.7 Å². The first kappa shape index (κ1) is 13.6. The lowest BCUT2D eigenvalue weighted by Crippen LogP contribution is -2.11.